The fourth-order valence-corrected chi connectivity index (χ4v) is 1.37. The Labute approximate surface area is 87.7 Å². The lowest BCUT2D eigenvalue weighted by Gasteiger charge is -2.32. The van der Waals surface area contributed by atoms with Crippen molar-refractivity contribution in [3.63, 3.8) is 0 Å². The van der Waals surface area contributed by atoms with Crippen LogP contribution in [-0.4, -0.2) is 23.5 Å². The largest absolute Gasteiger partial charge is 0.422 e. The van der Waals surface area contributed by atoms with Crippen LogP contribution in [0.3, 0.4) is 0 Å². The Bertz CT molecular complexity index is 285. The smallest absolute Gasteiger partial charge is 0.331 e. The molecule has 5 heteroatoms. The number of cyclic esters (lactones) is 2. The van der Waals surface area contributed by atoms with Crippen LogP contribution < -0.4 is 0 Å². The number of Topliss-reactive ketones (excluding diaryl/α,β-unsaturated/α-hetero) is 1. The van der Waals surface area contributed by atoms with E-state index in [-0.39, 0.29) is 6.42 Å². The Kier molecular flexibility index (Phi) is 3.12. The summed E-state index contributed by atoms with van der Waals surface area (Å²) < 4.78 is 9.64. The van der Waals surface area contributed by atoms with E-state index < -0.39 is 29.4 Å². The van der Waals surface area contributed by atoms with Gasteiger partial charge in [-0.05, 0) is 6.42 Å². The third-order valence-electron chi connectivity index (χ3n) is 1.98. The normalized spacial score (nSPS) is 20.7. The Balaban J connectivity index is 2.80. The number of hydrogen-bond acceptors (Lipinski definition) is 5. The molecule has 1 rings (SSSR count). The maximum Gasteiger partial charge on any atom is 0.331 e. The number of carbonyl (C=O) groups excluding carboxylic acids is 3. The van der Waals surface area contributed by atoms with Crippen LogP contribution in [0, 0.1) is 5.92 Å². The van der Waals surface area contributed by atoms with Crippen molar-refractivity contribution in [2.75, 3.05) is 0 Å². The Morgan fingerprint density at radius 3 is 2.13 bits per heavy atom. The minimum absolute atomic E-state index is 0.176. The summed E-state index contributed by atoms with van der Waals surface area (Å²) in [6, 6.07) is 0. The molecule has 1 fully saturated rings. The van der Waals surface area contributed by atoms with Gasteiger partial charge in [-0.25, -0.2) is 0 Å². The van der Waals surface area contributed by atoms with E-state index in [0.717, 1.165) is 0 Å². The number of esters is 2. The standard InChI is InChI=1S/C10H14O5/c1-4-5-6(11)7-8(12)14-10(2,3)15-9(7)13/h7H,4-5H2,1-3H3. The molecule has 1 saturated heterocycles. The van der Waals surface area contributed by atoms with Crippen molar-refractivity contribution in [1.82, 2.24) is 0 Å². The van der Waals surface area contributed by atoms with Gasteiger partial charge in [0.15, 0.2) is 5.78 Å². The lowest BCUT2D eigenvalue weighted by atomic mass is 9.99. The van der Waals surface area contributed by atoms with Crippen LogP contribution in [0.1, 0.15) is 33.6 Å². The first kappa shape index (κ1) is 11.7. The number of ether oxygens (including phenoxy) is 2. The van der Waals surface area contributed by atoms with E-state index in [1.54, 1.807) is 6.92 Å². The quantitative estimate of drug-likeness (QED) is 0.513. The molecule has 1 heterocycles. The van der Waals surface area contributed by atoms with E-state index in [2.05, 4.69) is 0 Å². The molecule has 0 aromatic rings. The van der Waals surface area contributed by atoms with E-state index in [1.807, 2.05) is 0 Å². The van der Waals surface area contributed by atoms with Crippen LogP contribution >= 0.6 is 0 Å². The molecule has 0 aliphatic carbocycles. The van der Waals surface area contributed by atoms with Gasteiger partial charge in [0.2, 0.25) is 5.92 Å². The fraction of sp³-hybridized carbons (Fsp3) is 0.700. The van der Waals surface area contributed by atoms with E-state index in [4.69, 9.17) is 9.47 Å². The van der Waals surface area contributed by atoms with Gasteiger partial charge in [0.25, 0.3) is 5.79 Å². The van der Waals surface area contributed by atoms with Gasteiger partial charge in [-0.1, -0.05) is 6.92 Å². The first-order valence-electron chi connectivity index (χ1n) is 4.86. The summed E-state index contributed by atoms with van der Waals surface area (Å²) in [5, 5.41) is 0. The molecule has 0 spiro atoms. The topological polar surface area (TPSA) is 69.7 Å². The van der Waals surface area contributed by atoms with E-state index in [9.17, 15) is 14.4 Å². The molecular formula is C10H14O5. The first-order chi connectivity index (χ1) is 6.87. The fourth-order valence-electron chi connectivity index (χ4n) is 1.37. The highest BCUT2D eigenvalue weighted by molar-refractivity contribution is 6.15. The highest BCUT2D eigenvalue weighted by Crippen LogP contribution is 2.24. The molecule has 0 radical (unpaired) electrons. The SMILES string of the molecule is CCCC(=O)C1C(=O)OC(C)(C)OC1=O. The second kappa shape index (κ2) is 4.00. The zero-order valence-electron chi connectivity index (χ0n) is 9.03. The number of ketones is 1. The lowest BCUT2D eigenvalue weighted by molar-refractivity contribution is -0.238. The molecule has 15 heavy (non-hydrogen) atoms. The van der Waals surface area contributed by atoms with Gasteiger partial charge in [-0.15, -0.1) is 0 Å². The second-order valence-corrected chi connectivity index (χ2v) is 3.89. The van der Waals surface area contributed by atoms with E-state index in [1.165, 1.54) is 13.8 Å². The van der Waals surface area contributed by atoms with E-state index in [0.29, 0.717) is 6.42 Å². The second-order valence-electron chi connectivity index (χ2n) is 3.89. The first-order valence-corrected chi connectivity index (χ1v) is 4.86. The Morgan fingerprint density at radius 2 is 1.73 bits per heavy atom. The maximum atomic E-state index is 11.4. The third-order valence-corrected chi connectivity index (χ3v) is 1.98. The molecule has 1 aliphatic heterocycles. The van der Waals surface area contributed by atoms with Crippen LogP contribution in [0.4, 0.5) is 0 Å². The van der Waals surface area contributed by atoms with Crippen LogP contribution in [0.25, 0.3) is 0 Å². The summed E-state index contributed by atoms with van der Waals surface area (Å²) in [6.07, 6.45) is 0.759. The molecule has 0 aromatic carbocycles. The molecule has 0 saturated carbocycles. The van der Waals surface area contributed by atoms with Crippen molar-refractivity contribution >= 4 is 17.7 Å². The van der Waals surface area contributed by atoms with Gasteiger partial charge in [-0.3, -0.25) is 14.4 Å². The van der Waals surface area contributed by atoms with Crippen LogP contribution in [0.2, 0.25) is 0 Å². The maximum absolute atomic E-state index is 11.4. The highest BCUT2D eigenvalue weighted by atomic mass is 16.7. The average molecular weight is 214 g/mol. The molecule has 1 aliphatic rings. The van der Waals surface area contributed by atoms with Gasteiger partial charge < -0.3 is 9.47 Å². The Hall–Kier alpha value is -1.39. The van der Waals surface area contributed by atoms with Crippen molar-refractivity contribution in [3.05, 3.63) is 0 Å². The van der Waals surface area contributed by atoms with Crippen molar-refractivity contribution in [3.8, 4) is 0 Å². The van der Waals surface area contributed by atoms with Gasteiger partial charge in [0.05, 0.1) is 0 Å². The molecule has 0 atom stereocenters. The van der Waals surface area contributed by atoms with Crippen LogP contribution in [0.15, 0.2) is 0 Å². The predicted molar refractivity (Wildman–Crippen MR) is 49.7 cm³/mol. The summed E-state index contributed by atoms with van der Waals surface area (Å²) in [7, 11) is 0. The molecule has 0 unspecified atom stereocenters. The van der Waals surface area contributed by atoms with E-state index >= 15 is 0 Å². The minimum Gasteiger partial charge on any atom is -0.422 e. The van der Waals surface area contributed by atoms with Gasteiger partial charge in [0, 0.05) is 20.3 Å². The number of hydrogen-bond donors (Lipinski definition) is 0. The molecule has 5 nitrogen and oxygen atoms in total. The minimum atomic E-state index is -1.39. The van der Waals surface area contributed by atoms with Gasteiger partial charge >= 0.3 is 11.9 Å². The summed E-state index contributed by atoms with van der Waals surface area (Å²) in [5.41, 5.74) is 0. The highest BCUT2D eigenvalue weighted by Gasteiger charge is 2.46. The molecule has 0 amide bonds. The zero-order valence-corrected chi connectivity index (χ0v) is 9.03. The van der Waals surface area contributed by atoms with Crippen LogP contribution in [0.5, 0.6) is 0 Å². The molecule has 0 N–H and O–H groups in total. The summed E-state index contributed by atoms with van der Waals surface area (Å²) in [5.74, 6) is -4.72. The molecule has 84 valence electrons. The van der Waals surface area contributed by atoms with Crippen molar-refractivity contribution in [2.45, 2.75) is 39.4 Å². The predicted octanol–water partition coefficient (Wildman–Crippen LogP) is 0.808. The lowest BCUT2D eigenvalue weighted by Crippen LogP contribution is -2.49. The van der Waals surface area contributed by atoms with Crippen molar-refractivity contribution in [1.29, 1.82) is 0 Å². The zero-order chi connectivity index (χ0) is 11.6. The number of carbonyl (C=O) groups is 3. The Morgan fingerprint density at radius 1 is 1.27 bits per heavy atom. The molecule has 0 aromatic heterocycles. The summed E-state index contributed by atoms with van der Waals surface area (Å²) in [6.45, 7) is 4.69. The molecule has 0 bridgehead atoms. The van der Waals surface area contributed by atoms with Crippen molar-refractivity contribution < 1.29 is 23.9 Å². The van der Waals surface area contributed by atoms with Crippen LogP contribution in [-0.2, 0) is 23.9 Å². The number of rotatable bonds is 3. The summed E-state index contributed by atoms with van der Waals surface area (Å²) in [4.78, 5) is 34.2. The third kappa shape index (κ3) is 2.55. The van der Waals surface area contributed by atoms with Crippen molar-refractivity contribution in [2.24, 2.45) is 5.92 Å². The van der Waals surface area contributed by atoms with Gasteiger partial charge in [-0.2, -0.15) is 0 Å². The van der Waals surface area contributed by atoms with Gasteiger partial charge in [0.1, 0.15) is 0 Å². The monoisotopic (exact) mass is 214 g/mol. The molecular weight excluding hydrogens is 200 g/mol. The average Bonchev–Trinajstić information content (AvgIpc) is 1.99. The summed E-state index contributed by atoms with van der Waals surface area (Å²) >= 11 is 0.